The van der Waals surface area contributed by atoms with Crippen LogP contribution in [0.1, 0.15) is 57.4 Å². The minimum Gasteiger partial charge on any atom is -0.493 e. The normalized spacial score (nSPS) is 14.4. The van der Waals surface area contributed by atoms with Crippen LogP contribution in [0.25, 0.3) is 6.08 Å². The van der Waals surface area contributed by atoms with Gasteiger partial charge in [0.2, 0.25) is 0 Å². The summed E-state index contributed by atoms with van der Waals surface area (Å²) < 4.78 is 32.0. The van der Waals surface area contributed by atoms with Gasteiger partial charge in [-0.1, -0.05) is 41.1 Å². The van der Waals surface area contributed by atoms with Crippen molar-refractivity contribution in [2.45, 2.75) is 53.4 Å². The van der Waals surface area contributed by atoms with Gasteiger partial charge in [0.25, 0.3) is 5.56 Å². The summed E-state index contributed by atoms with van der Waals surface area (Å²) in [5.41, 5.74) is 2.79. The molecule has 0 unspecified atom stereocenters. The van der Waals surface area contributed by atoms with Crippen LogP contribution in [-0.4, -0.2) is 37.0 Å². The van der Waals surface area contributed by atoms with Crippen molar-refractivity contribution in [3.05, 3.63) is 111 Å². The van der Waals surface area contributed by atoms with Crippen molar-refractivity contribution in [1.82, 2.24) is 4.57 Å². The standard InChI is InChI=1S/C36H36ClIN2O7S/c1-7-44-29-16-23(15-26(38)33(29)46-19-22-10-9-11-25(37)14-22)17-30-34(41)40-32(24-12-13-27(47-20(3)4)28(18-24)43-6)31(35(42)45-8-2)21(5)39-36(40)48-30/h9-18,20,32H,7-8,19H2,1-6H3/b30-17+/t32-/m0/s1. The summed E-state index contributed by atoms with van der Waals surface area (Å²) in [6.07, 6.45) is 1.73. The van der Waals surface area contributed by atoms with E-state index < -0.39 is 12.0 Å². The summed E-state index contributed by atoms with van der Waals surface area (Å²) in [4.78, 5) is 32.7. The molecule has 9 nitrogen and oxygen atoms in total. The van der Waals surface area contributed by atoms with Gasteiger partial charge in [0.15, 0.2) is 27.8 Å². The first kappa shape index (κ1) is 35.5. The average molecular weight is 803 g/mol. The largest absolute Gasteiger partial charge is 0.493 e. The van der Waals surface area contributed by atoms with Gasteiger partial charge in [-0.2, -0.15) is 0 Å². The summed E-state index contributed by atoms with van der Waals surface area (Å²) >= 11 is 9.61. The maximum atomic E-state index is 14.2. The Morgan fingerprint density at radius 3 is 2.54 bits per heavy atom. The monoisotopic (exact) mass is 802 g/mol. The van der Waals surface area contributed by atoms with Crippen LogP contribution in [-0.2, 0) is 16.1 Å². The topological polar surface area (TPSA) is 97.6 Å². The number of methoxy groups -OCH3 is 1. The zero-order valence-corrected chi connectivity index (χ0v) is 31.2. The Labute approximate surface area is 301 Å². The number of esters is 1. The lowest BCUT2D eigenvalue weighted by atomic mass is 9.95. The molecule has 48 heavy (non-hydrogen) atoms. The van der Waals surface area contributed by atoms with Gasteiger partial charge in [0.1, 0.15) is 6.61 Å². The maximum absolute atomic E-state index is 14.2. The molecule has 252 valence electrons. The van der Waals surface area contributed by atoms with E-state index in [-0.39, 0.29) is 23.8 Å². The Kier molecular flexibility index (Phi) is 11.5. The van der Waals surface area contributed by atoms with Crippen LogP contribution in [0.4, 0.5) is 0 Å². The number of hydrogen-bond acceptors (Lipinski definition) is 9. The first-order chi connectivity index (χ1) is 23.0. The van der Waals surface area contributed by atoms with Crippen LogP contribution >= 0.6 is 45.5 Å². The molecule has 1 atom stereocenters. The van der Waals surface area contributed by atoms with Crippen molar-refractivity contribution in [2.24, 2.45) is 4.99 Å². The molecule has 1 aliphatic rings. The van der Waals surface area contributed by atoms with E-state index in [0.29, 0.717) is 61.8 Å². The van der Waals surface area contributed by atoms with E-state index in [1.54, 1.807) is 43.7 Å². The first-order valence-corrected chi connectivity index (χ1v) is 17.7. The summed E-state index contributed by atoms with van der Waals surface area (Å²) in [6.45, 7) is 10.2. The lowest BCUT2D eigenvalue weighted by Crippen LogP contribution is -2.40. The van der Waals surface area contributed by atoms with Crippen molar-refractivity contribution >= 4 is 57.6 Å². The van der Waals surface area contributed by atoms with Crippen LogP contribution in [0.15, 0.2) is 75.7 Å². The zero-order chi connectivity index (χ0) is 34.5. The second-order valence-electron chi connectivity index (χ2n) is 11.1. The molecule has 2 heterocycles. The van der Waals surface area contributed by atoms with Crippen LogP contribution < -0.4 is 33.8 Å². The Morgan fingerprint density at radius 2 is 1.85 bits per heavy atom. The zero-order valence-electron chi connectivity index (χ0n) is 27.5. The van der Waals surface area contributed by atoms with Crippen molar-refractivity contribution in [1.29, 1.82) is 0 Å². The molecule has 0 bridgehead atoms. The Morgan fingerprint density at radius 1 is 1.06 bits per heavy atom. The van der Waals surface area contributed by atoms with Crippen molar-refractivity contribution in [2.75, 3.05) is 20.3 Å². The molecule has 4 aromatic rings. The number of fused-ring (bicyclic) bond motifs is 1. The molecule has 0 radical (unpaired) electrons. The minimum atomic E-state index is -0.800. The van der Waals surface area contributed by atoms with Crippen LogP contribution in [0, 0.1) is 3.57 Å². The third-order valence-corrected chi connectivity index (χ3v) is 9.30. The van der Waals surface area contributed by atoms with Crippen LogP contribution in [0.2, 0.25) is 5.02 Å². The molecule has 0 aliphatic carbocycles. The van der Waals surface area contributed by atoms with Crippen LogP contribution in [0.3, 0.4) is 0 Å². The van der Waals surface area contributed by atoms with Gasteiger partial charge >= 0.3 is 5.97 Å². The highest BCUT2D eigenvalue weighted by molar-refractivity contribution is 14.1. The van der Waals surface area contributed by atoms with Gasteiger partial charge in [0.05, 0.1) is 51.8 Å². The number of ether oxygens (including phenoxy) is 5. The average Bonchev–Trinajstić information content (AvgIpc) is 3.33. The predicted octanol–water partition coefficient (Wildman–Crippen LogP) is 6.83. The summed E-state index contributed by atoms with van der Waals surface area (Å²) in [5, 5.41) is 0.635. The van der Waals surface area contributed by atoms with E-state index in [2.05, 4.69) is 22.6 Å². The molecule has 0 spiro atoms. The molecule has 1 aromatic heterocycles. The third kappa shape index (κ3) is 7.74. The van der Waals surface area contributed by atoms with Crippen molar-refractivity contribution < 1.29 is 28.5 Å². The van der Waals surface area contributed by atoms with E-state index in [0.717, 1.165) is 14.7 Å². The number of aromatic nitrogens is 1. The summed E-state index contributed by atoms with van der Waals surface area (Å²) in [5.74, 6) is 1.66. The molecule has 0 saturated carbocycles. The summed E-state index contributed by atoms with van der Waals surface area (Å²) in [7, 11) is 1.55. The van der Waals surface area contributed by atoms with Gasteiger partial charge in [-0.3, -0.25) is 9.36 Å². The second-order valence-corrected chi connectivity index (χ2v) is 13.7. The molecule has 3 aromatic carbocycles. The number of allylic oxidation sites excluding steroid dienone is 1. The smallest absolute Gasteiger partial charge is 0.338 e. The molecule has 0 fully saturated rings. The number of rotatable bonds is 12. The fourth-order valence-electron chi connectivity index (χ4n) is 5.32. The fraction of sp³-hybridized carbons (Fsp3) is 0.306. The highest BCUT2D eigenvalue weighted by Crippen LogP contribution is 2.37. The van der Waals surface area contributed by atoms with E-state index in [9.17, 15) is 9.59 Å². The Bertz CT molecular complexity index is 2050. The van der Waals surface area contributed by atoms with E-state index in [1.165, 1.54) is 11.3 Å². The number of carbonyl (C=O) groups excluding carboxylic acids is 1. The molecule has 0 amide bonds. The molecular weight excluding hydrogens is 767 g/mol. The SMILES string of the molecule is CCOC(=O)C1=C(C)N=c2s/c(=C/c3cc(I)c(OCc4cccc(Cl)c4)c(OCC)c3)c(=O)n2[C@H]1c1ccc(OC(C)C)c(OC)c1. The van der Waals surface area contributed by atoms with Crippen molar-refractivity contribution in [3.63, 3.8) is 0 Å². The summed E-state index contributed by atoms with van der Waals surface area (Å²) in [6, 6.07) is 15.9. The number of thiazole rings is 1. The third-order valence-electron chi connectivity index (χ3n) is 7.28. The van der Waals surface area contributed by atoms with E-state index >= 15 is 0 Å². The number of nitrogens with zero attached hydrogens (tertiary/aromatic N) is 2. The molecular formula is C36H36ClIN2O7S. The molecule has 1 aliphatic heterocycles. The molecule has 12 heteroatoms. The first-order valence-electron chi connectivity index (χ1n) is 15.4. The number of halogens is 2. The Hall–Kier alpha value is -3.81. The molecule has 0 N–H and O–H groups in total. The van der Waals surface area contributed by atoms with Gasteiger partial charge in [-0.15, -0.1) is 0 Å². The van der Waals surface area contributed by atoms with Gasteiger partial charge in [-0.05, 0) is 116 Å². The van der Waals surface area contributed by atoms with Crippen LogP contribution in [0.5, 0.6) is 23.0 Å². The molecule has 0 saturated heterocycles. The lowest BCUT2D eigenvalue weighted by Gasteiger charge is -2.25. The van der Waals surface area contributed by atoms with Gasteiger partial charge in [-0.25, -0.2) is 9.79 Å². The Balaban J connectivity index is 1.61. The van der Waals surface area contributed by atoms with Gasteiger partial charge < -0.3 is 23.7 Å². The lowest BCUT2D eigenvalue weighted by molar-refractivity contribution is -0.139. The maximum Gasteiger partial charge on any atom is 0.338 e. The number of hydrogen-bond donors (Lipinski definition) is 0. The minimum absolute atomic E-state index is 0.0745. The van der Waals surface area contributed by atoms with E-state index in [4.69, 9.17) is 40.3 Å². The molecule has 5 rings (SSSR count). The van der Waals surface area contributed by atoms with E-state index in [1.807, 2.05) is 63.2 Å². The van der Waals surface area contributed by atoms with Crippen molar-refractivity contribution in [3.8, 4) is 23.0 Å². The predicted molar refractivity (Wildman–Crippen MR) is 195 cm³/mol. The fourth-order valence-corrected chi connectivity index (χ4v) is 7.36. The van der Waals surface area contributed by atoms with Gasteiger partial charge in [0, 0.05) is 5.02 Å². The quantitative estimate of drug-likeness (QED) is 0.115. The highest BCUT2D eigenvalue weighted by atomic mass is 127. The second kappa shape index (κ2) is 15.6. The number of benzene rings is 3. The number of carbonyl (C=O) groups is 1. The highest BCUT2D eigenvalue weighted by Gasteiger charge is 2.34.